The molecule has 3 N–H and O–H groups in total. The fourth-order valence-corrected chi connectivity index (χ4v) is 4.46. The first-order valence-electron chi connectivity index (χ1n) is 12.3. The number of hydrogen-bond acceptors (Lipinski definition) is 6. The number of aliphatic hydroxyl groups excluding tert-OH is 1. The molecule has 3 aromatic rings. The summed E-state index contributed by atoms with van der Waals surface area (Å²) < 4.78 is 0. The summed E-state index contributed by atoms with van der Waals surface area (Å²) in [5.41, 5.74) is 2.66. The Labute approximate surface area is 200 Å². The van der Waals surface area contributed by atoms with Crippen LogP contribution in [0.2, 0.25) is 0 Å². The number of phenols is 1. The number of para-hydroxylation sites is 1. The van der Waals surface area contributed by atoms with E-state index in [-0.39, 0.29) is 17.7 Å². The lowest BCUT2D eigenvalue weighted by Crippen LogP contribution is -2.47. The van der Waals surface area contributed by atoms with Crippen LogP contribution >= 0.6 is 0 Å². The lowest BCUT2D eigenvalue weighted by molar-refractivity contribution is -0.130. The smallest absolute Gasteiger partial charge is 0.249 e. The summed E-state index contributed by atoms with van der Waals surface area (Å²) in [6.07, 6.45) is 3.83. The number of nitrogens with one attached hydrogen (secondary N) is 1. The van der Waals surface area contributed by atoms with Gasteiger partial charge in [-0.1, -0.05) is 44.9 Å². The topological polar surface area (TPSA) is 98.6 Å². The molecule has 1 saturated heterocycles. The highest BCUT2D eigenvalue weighted by Gasteiger charge is 2.26. The van der Waals surface area contributed by atoms with Crippen molar-refractivity contribution < 1.29 is 15.0 Å². The van der Waals surface area contributed by atoms with E-state index in [1.165, 1.54) is 5.56 Å². The van der Waals surface area contributed by atoms with E-state index in [9.17, 15) is 15.0 Å². The van der Waals surface area contributed by atoms with Crippen LogP contribution in [0.25, 0.3) is 22.3 Å². The van der Waals surface area contributed by atoms with Gasteiger partial charge in [0.05, 0.1) is 11.1 Å². The van der Waals surface area contributed by atoms with Gasteiger partial charge in [-0.05, 0) is 55.5 Å². The lowest BCUT2D eigenvalue weighted by atomic mass is 10.0. The van der Waals surface area contributed by atoms with Crippen LogP contribution in [0.3, 0.4) is 0 Å². The van der Waals surface area contributed by atoms with E-state index < -0.39 is 6.10 Å². The second-order valence-corrected chi connectivity index (χ2v) is 9.02. The number of fused-ring (bicyclic) bond motifs is 1. The molecule has 34 heavy (non-hydrogen) atoms. The van der Waals surface area contributed by atoms with Gasteiger partial charge in [-0.2, -0.15) is 0 Å². The number of benzene rings is 2. The molecule has 7 nitrogen and oxygen atoms in total. The maximum Gasteiger partial charge on any atom is 0.249 e. The average Bonchev–Trinajstić information content (AvgIpc) is 2.87. The number of rotatable bonds is 8. The molecule has 0 bridgehead atoms. The van der Waals surface area contributed by atoms with E-state index in [1.807, 2.05) is 19.1 Å². The van der Waals surface area contributed by atoms with Crippen LogP contribution < -0.4 is 10.2 Å². The molecular weight excluding hydrogens is 428 g/mol. The number of carbonyl (C=O) groups is 1. The zero-order valence-electron chi connectivity index (χ0n) is 20.0. The van der Waals surface area contributed by atoms with Crippen LogP contribution in [0, 0.1) is 0 Å². The lowest BCUT2D eigenvalue weighted by Gasteiger charge is -2.34. The monoisotopic (exact) mass is 462 g/mol. The third kappa shape index (κ3) is 5.30. The fraction of sp³-hybridized carbons (Fsp3) is 0.444. The summed E-state index contributed by atoms with van der Waals surface area (Å²) in [7, 11) is 0. The molecule has 1 aliphatic rings. The Bertz CT molecular complexity index is 1140. The molecule has 0 radical (unpaired) electrons. The van der Waals surface area contributed by atoms with Crippen LogP contribution in [0.1, 0.15) is 51.5 Å². The number of aryl methyl sites for hydroxylation is 1. The highest BCUT2D eigenvalue weighted by molar-refractivity contribution is 5.92. The standard InChI is InChI=1S/C27H34N4O3/c1-3-5-9-24(33)27(34)28-19-13-15-31(16-14-19)26-20-12-11-18(4-2)17-22(20)29-25(30-26)21-8-6-7-10-23(21)32/h6-8,10-12,17,19,24,32-33H,3-5,9,13-16H2,1-2H3,(H,28,34). The minimum absolute atomic E-state index is 0.0393. The molecule has 4 rings (SSSR count). The number of unbranched alkanes of at least 4 members (excludes halogenated alkanes) is 1. The first kappa shape index (κ1) is 24.0. The van der Waals surface area contributed by atoms with Crippen LogP contribution in [-0.4, -0.2) is 51.3 Å². The number of carbonyl (C=O) groups excluding carboxylic acids is 1. The van der Waals surface area contributed by atoms with Gasteiger partial charge in [0.15, 0.2) is 5.82 Å². The van der Waals surface area contributed by atoms with Crippen molar-refractivity contribution in [2.24, 2.45) is 0 Å². The summed E-state index contributed by atoms with van der Waals surface area (Å²) in [6, 6.07) is 13.5. The molecule has 0 saturated carbocycles. The molecule has 0 spiro atoms. The van der Waals surface area contributed by atoms with Gasteiger partial charge in [-0.3, -0.25) is 4.79 Å². The first-order valence-corrected chi connectivity index (χ1v) is 12.3. The second-order valence-electron chi connectivity index (χ2n) is 9.02. The molecule has 0 aliphatic carbocycles. The van der Waals surface area contributed by atoms with E-state index in [0.717, 1.165) is 61.9 Å². The maximum absolute atomic E-state index is 12.3. The number of aliphatic hydroxyl groups is 1. The molecular formula is C27H34N4O3. The normalized spacial score (nSPS) is 15.4. The Morgan fingerprint density at radius 1 is 1.15 bits per heavy atom. The average molecular weight is 463 g/mol. The number of anilines is 1. The minimum Gasteiger partial charge on any atom is -0.507 e. The quantitative estimate of drug-likeness (QED) is 0.464. The maximum atomic E-state index is 12.3. The zero-order valence-corrected chi connectivity index (χ0v) is 20.0. The van der Waals surface area contributed by atoms with Gasteiger partial charge < -0.3 is 20.4 Å². The molecule has 180 valence electrons. The highest BCUT2D eigenvalue weighted by atomic mass is 16.3. The molecule has 1 aromatic heterocycles. The Morgan fingerprint density at radius 3 is 2.62 bits per heavy atom. The first-order chi connectivity index (χ1) is 16.5. The van der Waals surface area contributed by atoms with Crippen molar-refractivity contribution >= 4 is 22.6 Å². The predicted octanol–water partition coefficient (Wildman–Crippen LogP) is 4.20. The van der Waals surface area contributed by atoms with E-state index in [4.69, 9.17) is 9.97 Å². The molecule has 2 heterocycles. The van der Waals surface area contributed by atoms with Crippen molar-refractivity contribution in [3.05, 3.63) is 48.0 Å². The summed E-state index contributed by atoms with van der Waals surface area (Å²) in [4.78, 5) is 24.2. The van der Waals surface area contributed by atoms with Gasteiger partial charge in [0, 0.05) is 24.5 Å². The van der Waals surface area contributed by atoms with E-state index >= 15 is 0 Å². The van der Waals surface area contributed by atoms with E-state index in [0.29, 0.717) is 17.8 Å². The molecule has 1 amide bonds. The second kappa shape index (κ2) is 10.8. The summed E-state index contributed by atoms with van der Waals surface area (Å²) in [5, 5.41) is 24.5. The van der Waals surface area contributed by atoms with Gasteiger partial charge in [-0.15, -0.1) is 0 Å². The van der Waals surface area contributed by atoms with Crippen LogP contribution in [0.5, 0.6) is 5.75 Å². The van der Waals surface area contributed by atoms with Gasteiger partial charge in [0.25, 0.3) is 0 Å². The Hall–Kier alpha value is -3.19. The van der Waals surface area contributed by atoms with Gasteiger partial charge >= 0.3 is 0 Å². The van der Waals surface area contributed by atoms with Crippen LogP contribution in [-0.2, 0) is 11.2 Å². The molecule has 1 atom stereocenters. The van der Waals surface area contributed by atoms with Gasteiger partial charge in [-0.25, -0.2) is 9.97 Å². The number of hydrogen-bond donors (Lipinski definition) is 3. The fourth-order valence-electron chi connectivity index (χ4n) is 4.46. The number of phenolic OH excluding ortho intramolecular Hbond substituents is 1. The van der Waals surface area contributed by atoms with Crippen molar-refractivity contribution in [2.75, 3.05) is 18.0 Å². The Kier molecular flexibility index (Phi) is 7.63. The summed E-state index contributed by atoms with van der Waals surface area (Å²) >= 11 is 0. The number of aromatic nitrogens is 2. The number of nitrogens with zero attached hydrogens (tertiary/aromatic N) is 3. The third-order valence-electron chi connectivity index (χ3n) is 6.57. The van der Waals surface area contributed by atoms with Gasteiger partial charge in [0.1, 0.15) is 17.7 Å². The SMILES string of the molecule is CCCCC(O)C(=O)NC1CCN(c2nc(-c3ccccc3O)nc3cc(CC)ccc23)CC1. The summed E-state index contributed by atoms with van der Waals surface area (Å²) in [5.74, 6) is 1.23. The third-order valence-corrected chi connectivity index (χ3v) is 6.57. The molecule has 7 heteroatoms. The van der Waals surface area contributed by atoms with Crippen molar-refractivity contribution in [3.63, 3.8) is 0 Å². The van der Waals surface area contributed by atoms with Crippen molar-refractivity contribution in [1.82, 2.24) is 15.3 Å². The van der Waals surface area contributed by atoms with Crippen molar-refractivity contribution in [3.8, 4) is 17.1 Å². The molecule has 1 unspecified atom stereocenters. The molecule has 1 fully saturated rings. The highest BCUT2D eigenvalue weighted by Crippen LogP contribution is 2.33. The van der Waals surface area contributed by atoms with Gasteiger partial charge in [0.2, 0.25) is 5.91 Å². The van der Waals surface area contributed by atoms with Crippen molar-refractivity contribution in [1.29, 1.82) is 0 Å². The van der Waals surface area contributed by atoms with E-state index in [2.05, 4.69) is 35.3 Å². The van der Waals surface area contributed by atoms with Crippen LogP contribution in [0.4, 0.5) is 5.82 Å². The summed E-state index contributed by atoms with van der Waals surface area (Å²) in [6.45, 7) is 5.63. The Morgan fingerprint density at radius 2 is 1.91 bits per heavy atom. The van der Waals surface area contributed by atoms with E-state index in [1.54, 1.807) is 12.1 Å². The largest absolute Gasteiger partial charge is 0.507 e. The van der Waals surface area contributed by atoms with Crippen LogP contribution in [0.15, 0.2) is 42.5 Å². The number of piperidine rings is 1. The molecule has 1 aliphatic heterocycles. The Balaban J connectivity index is 1.57. The number of aromatic hydroxyl groups is 1. The minimum atomic E-state index is -0.933. The number of amides is 1. The molecule has 2 aromatic carbocycles. The zero-order chi connectivity index (χ0) is 24.1. The predicted molar refractivity (Wildman–Crippen MR) is 135 cm³/mol. The van der Waals surface area contributed by atoms with Crippen molar-refractivity contribution in [2.45, 2.75) is 64.5 Å².